The molecule has 1 aliphatic heterocycles. The lowest BCUT2D eigenvalue weighted by molar-refractivity contribution is 0.313. The maximum atomic E-state index is 12.4. The lowest BCUT2D eigenvalue weighted by Crippen LogP contribution is -2.39. The molecule has 1 fully saturated rings. The molecule has 9 heteroatoms. The maximum Gasteiger partial charge on any atom is 0.214 e. The summed E-state index contributed by atoms with van der Waals surface area (Å²) in [4.78, 5) is 12.7. The summed E-state index contributed by atoms with van der Waals surface area (Å²) in [6.45, 7) is 2.93. The van der Waals surface area contributed by atoms with E-state index >= 15 is 0 Å². The Balaban J connectivity index is 1.53. The fourth-order valence-electron chi connectivity index (χ4n) is 4.54. The van der Waals surface area contributed by atoms with Gasteiger partial charge in [0.2, 0.25) is 10.0 Å². The first-order valence-electron chi connectivity index (χ1n) is 10.7. The van der Waals surface area contributed by atoms with Gasteiger partial charge in [0.25, 0.3) is 0 Å². The van der Waals surface area contributed by atoms with Gasteiger partial charge in [-0.05, 0) is 31.4 Å². The second-order valence-electron chi connectivity index (χ2n) is 8.11. The predicted octanol–water partition coefficient (Wildman–Crippen LogP) is 3.38. The van der Waals surface area contributed by atoms with Crippen LogP contribution in [0.3, 0.4) is 0 Å². The molecule has 0 aliphatic carbocycles. The first-order chi connectivity index (χ1) is 15.0. The number of aromatic amines is 1. The number of fused-ring (bicyclic) bond motifs is 2. The van der Waals surface area contributed by atoms with Crippen LogP contribution in [-0.4, -0.2) is 50.9 Å². The molecular weight excluding hydrogens is 412 g/mol. The van der Waals surface area contributed by atoms with Crippen LogP contribution in [-0.2, 0) is 10.0 Å². The number of benzene rings is 1. The lowest BCUT2D eigenvalue weighted by Gasteiger charge is -2.30. The average molecular weight is 439 g/mol. The molecule has 5 rings (SSSR count). The van der Waals surface area contributed by atoms with E-state index in [1.54, 1.807) is 10.5 Å². The number of para-hydroxylation sites is 1. The van der Waals surface area contributed by atoms with Crippen LogP contribution in [0.5, 0.6) is 0 Å². The molecule has 1 saturated heterocycles. The van der Waals surface area contributed by atoms with Gasteiger partial charge in [0.05, 0.1) is 11.4 Å². The number of H-pyrrole nitrogens is 1. The van der Waals surface area contributed by atoms with Crippen molar-refractivity contribution >= 4 is 32.3 Å². The van der Waals surface area contributed by atoms with E-state index < -0.39 is 10.0 Å². The standard InChI is InChI=1S/C22H26N6O2S/c1-2-13-31(29,30)27-10-7-15(8-11-27)22-26-19(20-21(23)24-9-12-28(20)22)18-14-16-5-3-4-6-17(16)25-18/h3-6,9,12,14-15,25H,2,7-8,10-11,13H2,1H3,(H2,23,24). The number of hydrogen-bond acceptors (Lipinski definition) is 5. The third-order valence-electron chi connectivity index (χ3n) is 6.07. The Bertz CT molecular complexity index is 1320. The molecule has 31 heavy (non-hydrogen) atoms. The zero-order valence-corrected chi connectivity index (χ0v) is 18.3. The molecule has 4 heterocycles. The van der Waals surface area contributed by atoms with E-state index in [0.29, 0.717) is 25.3 Å². The first-order valence-corrected chi connectivity index (χ1v) is 12.3. The zero-order chi connectivity index (χ0) is 21.6. The summed E-state index contributed by atoms with van der Waals surface area (Å²) in [5.41, 5.74) is 9.76. The monoisotopic (exact) mass is 438 g/mol. The van der Waals surface area contributed by atoms with Crippen LogP contribution in [0.1, 0.15) is 37.9 Å². The maximum absolute atomic E-state index is 12.4. The summed E-state index contributed by atoms with van der Waals surface area (Å²) in [6.07, 6.45) is 5.67. The van der Waals surface area contributed by atoms with Crippen molar-refractivity contribution in [3.63, 3.8) is 0 Å². The van der Waals surface area contributed by atoms with E-state index in [1.165, 1.54) is 0 Å². The van der Waals surface area contributed by atoms with Crippen LogP contribution >= 0.6 is 0 Å². The van der Waals surface area contributed by atoms with Crippen molar-refractivity contribution in [2.75, 3.05) is 24.6 Å². The Kier molecular flexibility index (Phi) is 4.94. The number of imidazole rings is 1. The third-order valence-corrected chi connectivity index (χ3v) is 8.15. The number of nitrogens with zero attached hydrogens (tertiary/aromatic N) is 4. The minimum absolute atomic E-state index is 0.153. The summed E-state index contributed by atoms with van der Waals surface area (Å²) in [5.74, 6) is 1.69. The van der Waals surface area contributed by atoms with Crippen LogP contribution in [0, 0.1) is 0 Å². The molecule has 0 unspecified atom stereocenters. The second-order valence-corrected chi connectivity index (χ2v) is 10.2. The Morgan fingerprint density at radius 1 is 1.23 bits per heavy atom. The van der Waals surface area contributed by atoms with E-state index in [0.717, 1.165) is 46.5 Å². The molecule has 0 spiro atoms. The second kappa shape index (κ2) is 7.65. The van der Waals surface area contributed by atoms with Gasteiger partial charge < -0.3 is 10.7 Å². The Hall–Kier alpha value is -2.91. The molecule has 8 nitrogen and oxygen atoms in total. The highest BCUT2D eigenvalue weighted by atomic mass is 32.2. The molecule has 0 atom stereocenters. The third kappa shape index (κ3) is 3.47. The average Bonchev–Trinajstić information content (AvgIpc) is 3.36. The van der Waals surface area contributed by atoms with Gasteiger partial charge in [0.15, 0.2) is 0 Å². The number of rotatable bonds is 5. The van der Waals surface area contributed by atoms with Gasteiger partial charge >= 0.3 is 0 Å². The predicted molar refractivity (Wildman–Crippen MR) is 122 cm³/mol. The number of aromatic nitrogens is 4. The topological polar surface area (TPSA) is 109 Å². The van der Waals surface area contributed by atoms with Crippen molar-refractivity contribution in [3.05, 3.63) is 48.5 Å². The first kappa shape index (κ1) is 20.0. The fourth-order valence-corrected chi connectivity index (χ4v) is 6.08. The van der Waals surface area contributed by atoms with Crippen LogP contribution in [0.4, 0.5) is 5.82 Å². The van der Waals surface area contributed by atoms with Crippen molar-refractivity contribution in [1.82, 2.24) is 23.7 Å². The van der Waals surface area contributed by atoms with Gasteiger partial charge in [0, 0.05) is 42.3 Å². The molecular formula is C22H26N6O2S. The van der Waals surface area contributed by atoms with E-state index in [4.69, 9.17) is 10.7 Å². The summed E-state index contributed by atoms with van der Waals surface area (Å²) in [5, 5.41) is 1.11. The molecule has 3 aromatic heterocycles. The fraction of sp³-hybridized carbons (Fsp3) is 0.364. The summed E-state index contributed by atoms with van der Waals surface area (Å²) >= 11 is 0. The van der Waals surface area contributed by atoms with Crippen molar-refractivity contribution < 1.29 is 8.42 Å². The summed E-state index contributed by atoms with van der Waals surface area (Å²) in [6, 6.07) is 10.2. The minimum atomic E-state index is -3.17. The number of piperidine rings is 1. The highest BCUT2D eigenvalue weighted by Crippen LogP contribution is 2.35. The van der Waals surface area contributed by atoms with Gasteiger partial charge in [-0.1, -0.05) is 25.1 Å². The molecule has 162 valence electrons. The molecule has 0 amide bonds. The molecule has 1 aliphatic rings. The van der Waals surface area contributed by atoms with Gasteiger partial charge in [0.1, 0.15) is 22.9 Å². The van der Waals surface area contributed by atoms with Crippen molar-refractivity contribution in [1.29, 1.82) is 0 Å². The van der Waals surface area contributed by atoms with E-state index in [2.05, 4.69) is 22.1 Å². The number of hydrogen-bond donors (Lipinski definition) is 2. The SMILES string of the molecule is CCCS(=O)(=O)N1CCC(c2nc(-c3cc4ccccc4[nH]3)c3c(N)nccn23)CC1. The highest BCUT2D eigenvalue weighted by molar-refractivity contribution is 7.89. The van der Waals surface area contributed by atoms with E-state index in [1.807, 2.05) is 35.7 Å². The highest BCUT2D eigenvalue weighted by Gasteiger charge is 2.31. The number of nitrogen functional groups attached to an aromatic ring is 1. The van der Waals surface area contributed by atoms with E-state index in [9.17, 15) is 8.42 Å². The van der Waals surface area contributed by atoms with E-state index in [-0.39, 0.29) is 11.7 Å². The Morgan fingerprint density at radius 2 is 2.00 bits per heavy atom. The molecule has 0 saturated carbocycles. The number of nitrogens with two attached hydrogens (primary N) is 1. The quantitative estimate of drug-likeness (QED) is 0.496. The van der Waals surface area contributed by atoms with Crippen molar-refractivity contribution in [2.24, 2.45) is 0 Å². The zero-order valence-electron chi connectivity index (χ0n) is 17.5. The smallest absolute Gasteiger partial charge is 0.214 e. The van der Waals surface area contributed by atoms with Crippen LogP contribution in [0.25, 0.3) is 27.8 Å². The molecule has 3 N–H and O–H groups in total. The Morgan fingerprint density at radius 3 is 2.74 bits per heavy atom. The molecule has 0 bridgehead atoms. The Labute approximate surface area is 181 Å². The number of nitrogens with one attached hydrogen (secondary N) is 1. The molecule has 0 radical (unpaired) electrons. The van der Waals surface area contributed by atoms with Crippen molar-refractivity contribution in [3.8, 4) is 11.4 Å². The van der Waals surface area contributed by atoms with Gasteiger partial charge in [-0.2, -0.15) is 0 Å². The normalized spacial score (nSPS) is 16.4. The van der Waals surface area contributed by atoms with Crippen LogP contribution in [0.15, 0.2) is 42.7 Å². The number of sulfonamides is 1. The van der Waals surface area contributed by atoms with Gasteiger partial charge in [-0.3, -0.25) is 4.40 Å². The summed E-state index contributed by atoms with van der Waals surface area (Å²) in [7, 11) is -3.17. The molecule has 1 aromatic carbocycles. The lowest BCUT2D eigenvalue weighted by atomic mass is 9.97. The largest absolute Gasteiger partial charge is 0.382 e. The number of anilines is 1. The van der Waals surface area contributed by atoms with Crippen molar-refractivity contribution in [2.45, 2.75) is 32.1 Å². The minimum Gasteiger partial charge on any atom is -0.382 e. The van der Waals surface area contributed by atoms with Gasteiger partial charge in [-0.15, -0.1) is 0 Å². The molecule has 4 aromatic rings. The van der Waals surface area contributed by atoms with Crippen LogP contribution in [0.2, 0.25) is 0 Å². The van der Waals surface area contributed by atoms with Gasteiger partial charge in [-0.25, -0.2) is 22.7 Å². The summed E-state index contributed by atoms with van der Waals surface area (Å²) < 4.78 is 28.5. The van der Waals surface area contributed by atoms with Crippen LogP contribution < -0.4 is 5.73 Å².